The van der Waals surface area contributed by atoms with E-state index < -0.39 is 0 Å². The third kappa shape index (κ3) is 10.4. The fraction of sp³-hybridized carbons (Fsp3) is 0.500. The van der Waals surface area contributed by atoms with Crippen LogP contribution in [0.25, 0.3) is 0 Å². The minimum Gasteiger partial charge on any atom is -0.498 e. The molecule has 3 heteroatoms. The van der Waals surface area contributed by atoms with E-state index in [1.165, 1.54) is 0 Å². The molecule has 0 aliphatic carbocycles. The summed E-state index contributed by atoms with van der Waals surface area (Å²) in [5, 5.41) is 0. The summed E-state index contributed by atoms with van der Waals surface area (Å²) in [5.74, 6) is 8.30. The average molecular weight is 234 g/mol. The van der Waals surface area contributed by atoms with Gasteiger partial charge in [-0.05, 0) is 6.92 Å². The van der Waals surface area contributed by atoms with Gasteiger partial charge in [-0.3, -0.25) is 4.79 Å². The zero-order valence-electron chi connectivity index (χ0n) is 10.3. The lowest BCUT2D eigenvalue weighted by atomic mass is 10.3. The minimum atomic E-state index is -0.260. The molecule has 0 heterocycles. The van der Waals surface area contributed by atoms with Crippen LogP contribution in [0.3, 0.4) is 0 Å². The molecule has 17 heavy (non-hydrogen) atoms. The second kappa shape index (κ2) is 10.6. The van der Waals surface area contributed by atoms with Gasteiger partial charge >= 0.3 is 5.97 Å². The Balaban J connectivity index is 3.51. The van der Waals surface area contributed by atoms with Crippen LogP contribution < -0.4 is 0 Å². The standard InChI is InChI=1S/C14H18O3/c1-4-6-8-12-17-14(15)10-9-13(3)16-11-7-5-2/h2H,3,7-12H2,1H3. The van der Waals surface area contributed by atoms with Crippen molar-refractivity contribution >= 4 is 5.97 Å². The number of carbonyl (C=O) groups is 1. The number of ether oxygens (including phenoxy) is 2. The zero-order valence-corrected chi connectivity index (χ0v) is 10.3. The fourth-order valence-corrected chi connectivity index (χ4v) is 0.981. The average Bonchev–Trinajstić information content (AvgIpc) is 2.32. The Morgan fingerprint density at radius 3 is 2.59 bits per heavy atom. The van der Waals surface area contributed by atoms with Gasteiger partial charge in [-0.15, -0.1) is 24.2 Å². The highest BCUT2D eigenvalue weighted by Gasteiger charge is 2.04. The SMILES string of the molecule is C#CCCOC(=C)CCC(=O)OCCC#CC. The van der Waals surface area contributed by atoms with Gasteiger partial charge in [0.05, 0.1) is 18.8 Å². The molecule has 0 aromatic carbocycles. The van der Waals surface area contributed by atoms with Crippen LogP contribution in [0.15, 0.2) is 12.3 Å². The van der Waals surface area contributed by atoms with Gasteiger partial charge < -0.3 is 9.47 Å². The molecule has 0 saturated carbocycles. The Hall–Kier alpha value is -1.87. The molecule has 0 N–H and O–H groups in total. The zero-order chi connectivity index (χ0) is 12.9. The lowest BCUT2D eigenvalue weighted by Gasteiger charge is -2.07. The van der Waals surface area contributed by atoms with E-state index in [1.807, 2.05) is 0 Å². The van der Waals surface area contributed by atoms with E-state index in [0.717, 1.165) is 0 Å². The molecule has 0 bridgehead atoms. The van der Waals surface area contributed by atoms with Gasteiger partial charge in [0.1, 0.15) is 6.61 Å². The predicted octanol–water partition coefficient (Wildman–Crippen LogP) is 2.28. The summed E-state index contributed by atoms with van der Waals surface area (Å²) in [7, 11) is 0. The van der Waals surface area contributed by atoms with Crippen LogP contribution >= 0.6 is 0 Å². The molecule has 0 aromatic heterocycles. The first-order valence-electron chi connectivity index (χ1n) is 5.50. The highest BCUT2D eigenvalue weighted by molar-refractivity contribution is 5.69. The number of hydrogen-bond donors (Lipinski definition) is 0. The summed E-state index contributed by atoms with van der Waals surface area (Å²) in [6.07, 6.45) is 6.92. The first-order valence-corrected chi connectivity index (χ1v) is 5.50. The molecule has 0 saturated heterocycles. The van der Waals surface area contributed by atoms with E-state index in [0.29, 0.717) is 38.2 Å². The maximum atomic E-state index is 11.2. The summed E-state index contributed by atoms with van der Waals surface area (Å²) in [6, 6.07) is 0. The molecule has 0 fully saturated rings. The highest BCUT2D eigenvalue weighted by Crippen LogP contribution is 2.05. The van der Waals surface area contributed by atoms with E-state index in [4.69, 9.17) is 15.9 Å². The van der Waals surface area contributed by atoms with Gasteiger partial charge in [-0.25, -0.2) is 0 Å². The Morgan fingerprint density at radius 1 is 1.24 bits per heavy atom. The van der Waals surface area contributed by atoms with Crippen molar-refractivity contribution < 1.29 is 14.3 Å². The van der Waals surface area contributed by atoms with Crippen molar-refractivity contribution in [2.75, 3.05) is 13.2 Å². The maximum absolute atomic E-state index is 11.2. The molecule has 0 aliphatic heterocycles. The largest absolute Gasteiger partial charge is 0.498 e. The Morgan fingerprint density at radius 2 is 1.94 bits per heavy atom. The van der Waals surface area contributed by atoms with Crippen LogP contribution in [0, 0.1) is 24.2 Å². The quantitative estimate of drug-likeness (QED) is 0.280. The number of terminal acetylenes is 1. The number of esters is 1. The van der Waals surface area contributed by atoms with Crippen molar-refractivity contribution in [1.82, 2.24) is 0 Å². The van der Waals surface area contributed by atoms with E-state index in [2.05, 4.69) is 24.3 Å². The number of carbonyl (C=O) groups excluding carboxylic acids is 1. The van der Waals surface area contributed by atoms with Crippen LogP contribution in [0.4, 0.5) is 0 Å². The third-order valence-electron chi connectivity index (χ3n) is 1.83. The number of hydrogen-bond acceptors (Lipinski definition) is 3. The van der Waals surface area contributed by atoms with Gasteiger partial charge in [0.25, 0.3) is 0 Å². The van der Waals surface area contributed by atoms with Crippen LogP contribution in [-0.4, -0.2) is 19.2 Å². The van der Waals surface area contributed by atoms with Crippen molar-refractivity contribution in [1.29, 1.82) is 0 Å². The Kier molecular flexibility index (Phi) is 9.47. The third-order valence-corrected chi connectivity index (χ3v) is 1.83. The Bertz CT molecular complexity index is 339. The van der Waals surface area contributed by atoms with Crippen molar-refractivity contribution in [3.05, 3.63) is 12.3 Å². The second-order valence-corrected chi connectivity index (χ2v) is 3.24. The summed E-state index contributed by atoms with van der Waals surface area (Å²) in [5.41, 5.74) is 0. The van der Waals surface area contributed by atoms with Crippen LogP contribution in [0.2, 0.25) is 0 Å². The van der Waals surface area contributed by atoms with Crippen LogP contribution in [-0.2, 0) is 14.3 Å². The molecule has 3 nitrogen and oxygen atoms in total. The molecule has 0 spiro atoms. The first-order chi connectivity index (χ1) is 8.20. The molecule has 0 radical (unpaired) electrons. The van der Waals surface area contributed by atoms with Gasteiger partial charge in [0.2, 0.25) is 0 Å². The van der Waals surface area contributed by atoms with Crippen molar-refractivity contribution in [2.45, 2.75) is 32.6 Å². The molecule has 0 atom stereocenters. The number of rotatable bonds is 8. The summed E-state index contributed by atoms with van der Waals surface area (Å²) < 4.78 is 10.2. The van der Waals surface area contributed by atoms with Gasteiger partial charge in [-0.2, -0.15) is 0 Å². The summed E-state index contributed by atoms with van der Waals surface area (Å²) in [4.78, 5) is 11.2. The topological polar surface area (TPSA) is 35.5 Å². The summed E-state index contributed by atoms with van der Waals surface area (Å²) >= 11 is 0. The van der Waals surface area contributed by atoms with Crippen molar-refractivity contribution in [2.24, 2.45) is 0 Å². The minimum absolute atomic E-state index is 0.260. The van der Waals surface area contributed by atoms with Crippen LogP contribution in [0.5, 0.6) is 0 Å². The number of allylic oxidation sites excluding steroid dienone is 1. The molecule has 0 aliphatic rings. The molecule has 0 amide bonds. The first kappa shape index (κ1) is 15.1. The van der Waals surface area contributed by atoms with E-state index in [9.17, 15) is 4.79 Å². The van der Waals surface area contributed by atoms with E-state index in [-0.39, 0.29) is 12.4 Å². The second-order valence-electron chi connectivity index (χ2n) is 3.24. The van der Waals surface area contributed by atoms with Crippen molar-refractivity contribution in [3.63, 3.8) is 0 Å². The molecular formula is C14H18O3. The van der Waals surface area contributed by atoms with Crippen molar-refractivity contribution in [3.8, 4) is 24.2 Å². The Labute approximate surface area is 103 Å². The monoisotopic (exact) mass is 234 g/mol. The molecule has 0 unspecified atom stereocenters. The highest BCUT2D eigenvalue weighted by atomic mass is 16.5. The molecule has 92 valence electrons. The van der Waals surface area contributed by atoms with Gasteiger partial charge in [0.15, 0.2) is 0 Å². The summed E-state index contributed by atoms with van der Waals surface area (Å²) in [6.45, 7) is 6.21. The molecular weight excluding hydrogens is 216 g/mol. The van der Waals surface area contributed by atoms with E-state index >= 15 is 0 Å². The lowest BCUT2D eigenvalue weighted by molar-refractivity contribution is -0.143. The predicted molar refractivity (Wildman–Crippen MR) is 66.8 cm³/mol. The van der Waals surface area contributed by atoms with Gasteiger partial charge in [-0.1, -0.05) is 6.58 Å². The maximum Gasteiger partial charge on any atom is 0.306 e. The van der Waals surface area contributed by atoms with Gasteiger partial charge in [0, 0.05) is 19.3 Å². The smallest absolute Gasteiger partial charge is 0.306 e. The fourth-order valence-electron chi connectivity index (χ4n) is 0.981. The lowest BCUT2D eigenvalue weighted by Crippen LogP contribution is -2.06. The molecule has 0 aromatic rings. The molecule has 0 rings (SSSR count). The van der Waals surface area contributed by atoms with Crippen LogP contribution in [0.1, 0.15) is 32.6 Å². The van der Waals surface area contributed by atoms with E-state index in [1.54, 1.807) is 6.92 Å². The normalized spacial score (nSPS) is 8.47.